The monoisotopic (exact) mass is 332 g/mol. The molecule has 0 saturated carbocycles. The van der Waals surface area contributed by atoms with E-state index in [4.69, 9.17) is 11.6 Å². The second kappa shape index (κ2) is 5.35. The molecule has 1 N–H and O–H groups in total. The number of benzene rings is 2. The number of rotatable bonds is 1. The summed E-state index contributed by atoms with van der Waals surface area (Å²) in [6.07, 6.45) is 4.85. The Morgan fingerprint density at radius 2 is 1.79 bits per heavy atom. The zero-order valence-electron chi connectivity index (χ0n) is 13.1. The maximum atomic E-state index is 6.31. The lowest BCUT2D eigenvalue weighted by atomic mass is 9.76. The average molecular weight is 333 g/mol. The molecule has 1 aromatic heterocycles. The number of nitrogens with one attached hydrogen (secondary N) is 1. The number of anilines is 1. The van der Waals surface area contributed by atoms with Crippen molar-refractivity contribution in [1.82, 2.24) is 4.98 Å². The molecule has 2 nitrogen and oxygen atoms in total. The Hall–Kier alpha value is -2.32. The van der Waals surface area contributed by atoms with E-state index in [1.165, 1.54) is 27.9 Å². The molecule has 0 bridgehead atoms. The molecule has 2 heterocycles. The number of hydrogen-bond acceptors (Lipinski definition) is 2. The van der Waals surface area contributed by atoms with Crippen molar-refractivity contribution in [2.75, 3.05) is 5.32 Å². The van der Waals surface area contributed by atoms with E-state index in [2.05, 4.69) is 58.8 Å². The first-order valence-corrected chi connectivity index (χ1v) is 8.73. The largest absolute Gasteiger partial charge is 0.378 e. The van der Waals surface area contributed by atoms with Crippen LogP contribution in [-0.2, 0) is 6.42 Å². The molecular formula is C21H17ClN2. The van der Waals surface area contributed by atoms with E-state index in [1.807, 2.05) is 18.5 Å². The Balaban J connectivity index is 1.70. The van der Waals surface area contributed by atoms with Crippen LogP contribution >= 0.6 is 11.6 Å². The zero-order chi connectivity index (χ0) is 16.1. The van der Waals surface area contributed by atoms with Crippen molar-refractivity contribution < 1.29 is 0 Å². The number of aromatic nitrogens is 1. The molecule has 1 aliphatic carbocycles. The lowest BCUT2D eigenvalue weighted by Gasteiger charge is -2.38. The lowest BCUT2D eigenvalue weighted by molar-refractivity contribution is 0.421. The van der Waals surface area contributed by atoms with Gasteiger partial charge in [-0.3, -0.25) is 4.98 Å². The summed E-state index contributed by atoms with van der Waals surface area (Å²) in [6, 6.07) is 19.6. The van der Waals surface area contributed by atoms with E-state index in [-0.39, 0.29) is 0 Å². The van der Waals surface area contributed by atoms with E-state index in [9.17, 15) is 0 Å². The minimum absolute atomic E-state index is 0.291. The van der Waals surface area contributed by atoms with Crippen LogP contribution in [0.1, 0.15) is 34.2 Å². The standard InChI is InChI=1S/C21H17ClN2/c22-15-5-6-19-17(12-15)20-16-4-2-1-3-14(16)11-18(20)21(24-19)13-7-9-23-10-8-13/h1-10,12,18,20-21,24H,11H2. The Bertz CT molecular complexity index is 907. The Morgan fingerprint density at radius 3 is 2.67 bits per heavy atom. The zero-order valence-corrected chi connectivity index (χ0v) is 13.9. The van der Waals surface area contributed by atoms with Gasteiger partial charge in [-0.1, -0.05) is 35.9 Å². The molecule has 0 radical (unpaired) electrons. The van der Waals surface area contributed by atoms with Gasteiger partial charge in [0.1, 0.15) is 0 Å². The summed E-state index contributed by atoms with van der Waals surface area (Å²) in [6.45, 7) is 0. The summed E-state index contributed by atoms with van der Waals surface area (Å²) < 4.78 is 0. The third-order valence-electron chi connectivity index (χ3n) is 5.43. The van der Waals surface area contributed by atoms with E-state index < -0.39 is 0 Å². The second-order valence-corrected chi connectivity index (χ2v) is 7.12. The molecule has 2 aliphatic rings. The molecule has 3 unspecified atom stereocenters. The van der Waals surface area contributed by atoms with Gasteiger partial charge < -0.3 is 5.32 Å². The van der Waals surface area contributed by atoms with Gasteiger partial charge in [0.05, 0.1) is 6.04 Å². The minimum atomic E-state index is 0.291. The third kappa shape index (κ3) is 2.06. The van der Waals surface area contributed by atoms with Crippen LogP contribution in [0.4, 0.5) is 5.69 Å². The number of nitrogens with zero attached hydrogens (tertiary/aromatic N) is 1. The predicted molar refractivity (Wildman–Crippen MR) is 97.5 cm³/mol. The SMILES string of the molecule is Clc1ccc2c(c1)C1c3ccccc3CC1C(c1ccncc1)N2. The predicted octanol–water partition coefficient (Wildman–Crippen LogP) is 5.21. The van der Waals surface area contributed by atoms with E-state index in [0.717, 1.165) is 11.4 Å². The minimum Gasteiger partial charge on any atom is -0.378 e. The number of fused-ring (bicyclic) bond motifs is 5. The average Bonchev–Trinajstić information content (AvgIpc) is 3.02. The van der Waals surface area contributed by atoms with Crippen LogP contribution in [0.15, 0.2) is 67.0 Å². The van der Waals surface area contributed by atoms with Crippen LogP contribution in [0, 0.1) is 5.92 Å². The molecule has 1 aliphatic heterocycles. The van der Waals surface area contributed by atoms with Gasteiger partial charge in [0, 0.05) is 29.0 Å². The van der Waals surface area contributed by atoms with Crippen LogP contribution < -0.4 is 5.32 Å². The smallest absolute Gasteiger partial charge is 0.0555 e. The molecule has 0 amide bonds. The van der Waals surface area contributed by atoms with Gasteiger partial charge in [-0.15, -0.1) is 0 Å². The van der Waals surface area contributed by atoms with Crippen molar-refractivity contribution >= 4 is 17.3 Å². The number of pyridine rings is 1. The van der Waals surface area contributed by atoms with Gasteiger partial charge in [0.15, 0.2) is 0 Å². The maximum absolute atomic E-state index is 6.31. The van der Waals surface area contributed by atoms with Crippen LogP contribution in [-0.4, -0.2) is 4.98 Å². The lowest BCUT2D eigenvalue weighted by Crippen LogP contribution is -2.30. The summed E-state index contributed by atoms with van der Waals surface area (Å²) >= 11 is 6.31. The molecule has 3 aromatic rings. The Morgan fingerprint density at radius 1 is 0.958 bits per heavy atom. The summed E-state index contributed by atoms with van der Waals surface area (Å²) in [5, 5.41) is 4.57. The summed E-state index contributed by atoms with van der Waals surface area (Å²) in [5.74, 6) is 0.894. The normalized spacial score (nSPS) is 23.8. The fourth-order valence-electron chi connectivity index (χ4n) is 4.43. The van der Waals surface area contributed by atoms with Crippen LogP contribution in [0.25, 0.3) is 0 Å². The number of halogens is 1. The fourth-order valence-corrected chi connectivity index (χ4v) is 4.61. The van der Waals surface area contributed by atoms with Gasteiger partial charge in [0.2, 0.25) is 0 Å². The van der Waals surface area contributed by atoms with Gasteiger partial charge in [-0.25, -0.2) is 0 Å². The van der Waals surface area contributed by atoms with Crippen LogP contribution in [0.3, 0.4) is 0 Å². The quantitative estimate of drug-likeness (QED) is 0.662. The van der Waals surface area contributed by atoms with Gasteiger partial charge in [-0.2, -0.15) is 0 Å². The van der Waals surface area contributed by atoms with Gasteiger partial charge in [-0.05, 0) is 64.9 Å². The fraction of sp³-hybridized carbons (Fsp3) is 0.190. The highest BCUT2D eigenvalue weighted by atomic mass is 35.5. The highest BCUT2D eigenvalue weighted by Crippen LogP contribution is 2.54. The summed E-state index contributed by atoms with van der Waals surface area (Å²) in [7, 11) is 0. The number of hydrogen-bond donors (Lipinski definition) is 1. The van der Waals surface area contributed by atoms with Crippen molar-refractivity contribution in [3.63, 3.8) is 0 Å². The van der Waals surface area contributed by atoms with E-state index in [1.54, 1.807) is 0 Å². The van der Waals surface area contributed by atoms with E-state index in [0.29, 0.717) is 17.9 Å². The maximum Gasteiger partial charge on any atom is 0.0555 e. The summed E-state index contributed by atoms with van der Waals surface area (Å²) in [4.78, 5) is 4.18. The molecule has 0 spiro atoms. The molecule has 0 fully saturated rings. The molecule has 3 heteroatoms. The molecule has 0 saturated heterocycles. The molecule has 24 heavy (non-hydrogen) atoms. The van der Waals surface area contributed by atoms with Crippen molar-refractivity contribution in [3.05, 3.63) is 94.3 Å². The topological polar surface area (TPSA) is 24.9 Å². The van der Waals surface area contributed by atoms with Crippen molar-refractivity contribution in [2.45, 2.75) is 18.4 Å². The molecule has 3 atom stereocenters. The van der Waals surface area contributed by atoms with E-state index >= 15 is 0 Å². The highest BCUT2D eigenvalue weighted by Gasteiger charge is 2.43. The third-order valence-corrected chi connectivity index (χ3v) is 5.66. The molecular weight excluding hydrogens is 316 g/mol. The highest BCUT2D eigenvalue weighted by molar-refractivity contribution is 6.30. The molecule has 2 aromatic carbocycles. The first-order valence-electron chi connectivity index (χ1n) is 8.35. The van der Waals surface area contributed by atoms with Crippen molar-refractivity contribution in [2.24, 2.45) is 5.92 Å². The van der Waals surface area contributed by atoms with Crippen molar-refractivity contribution in [3.8, 4) is 0 Å². The van der Waals surface area contributed by atoms with Crippen LogP contribution in [0.5, 0.6) is 0 Å². The van der Waals surface area contributed by atoms with Crippen LogP contribution in [0.2, 0.25) is 5.02 Å². The summed E-state index contributed by atoms with van der Waals surface area (Å²) in [5.41, 5.74) is 6.73. The first kappa shape index (κ1) is 14.1. The second-order valence-electron chi connectivity index (χ2n) is 6.68. The molecule has 5 rings (SSSR count). The Labute approximate surface area is 146 Å². The van der Waals surface area contributed by atoms with Gasteiger partial charge in [0.25, 0.3) is 0 Å². The molecule has 118 valence electrons. The first-order chi connectivity index (χ1) is 11.8. The van der Waals surface area contributed by atoms with Crippen molar-refractivity contribution in [1.29, 1.82) is 0 Å². The Kier molecular flexibility index (Phi) is 3.14. The van der Waals surface area contributed by atoms with Gasteiger partial charge >= 0.3 is 0 Å².